The third kappa shape index (κ3) is 2.37. The van der Waals surface area contributed by atoms with Crippen molar-refractivity contribution in [1.82, 2.24) is 25.1 Å². The van der Waals surface area contributed by atoms with Crippen molar-refractivity contribution in [2.45, 2.75) is 6.54 Å². The fourth-order valence-corrected chi connectivity index (χ4v) is 1.35. The van der Waals surface area contributed by atoms with E-state index in [9.17, 15) is 4.79 Å². The molecule has 7 nitrogen and oxygen atoms in total. The Morgan fingerprint density at radius 3 is 2.94 bits per heavy atom. The number of anilines is 1. The maximum absolute atomic E-state index is 10.8. The average Bonchev–Trinajstić information content (AvgIpc) is 2.64. The van der Waals surface area contributed by atoms with Crippen molar-refractivity contribution in [3.63, 3.8) is 0 Å². The lowest BCUT2D eigenvalue weighted by atomic mass is 10.5. The molecule has 8 heteroatoms. The quantitative estimate of drug-likeness (QED) is 0.799. The monoisotopic (exact) mass is 240 g/mol. The highest BCUT2D eigenvalue weighted by Crippen LogP contribution is 2.11. The Morgan fingerprint density at radius 2 is 2.31 bits per heavy atom. The second-order valence-corrected chi connectivity index (χ2v) is 3.57. The minimum absolute atomic E-state index is 0.319. The van der Waals surface area contributed by atoms with Crippen molar-refractivity contribution in [2.75, 3.05) is 11.9 Å². The number of H-pyrrole nitrogens is 2. The summed E-state index contributed by atoms with van der Waals surface area (Å²) in [6.45, 7) is 0.410. The van der Waals surface area contributed by atoms with Crippen molar-refractivity contribution in [1.29, 1.82) is 0 Å². The highest BCUT2D eigenvalue weighted by molar-refractivity contribution is 6.29. The van der Waals surface area contributed by atoms with Crippen LogP contribution >= 0.6 is 11.6 Å². The van der Waals surface area contributed by atoms with Crippen LogP contribution < -0.4 is 10.6 Å². The molecule has 84 valence electrons. The Morgan fingerprint density at radius 1 is 1.50 bits per heavy atom. The van der Waals surface area contributed by atoms with Crippen molar-refractivity contribution in [3.8, 4) is 0 Å². The van der Waals surface area contributed by atoms with Crippen LogP contribution in [0.15, 0.2) is 17.2 Å². The van der Waals surface area contributed by atoms with Gasteiger partial charge in [-0.15, -0.1) is 0 Å². The molecule has 0 aliphatic heterocycles. The van der Waals surface area contributed by atoms with Gasteiger partial charge in [-0.05, 0) is 0 Å². The van der Waals surface area contributed by atoms with E-state index in [1.807, 2.05) is 0 Å². The van der Waals surface area contributed by atoms with Gasteiger partial charge in [0.2, 0.25) is 0 Å². The summed E-state index contributed by atoms with van der Waals surface area (Å²) in [5.41, 5.74) is -0.333. The third-order valence-corrected chi connectivity index (χ3v) is 2.10. The van der Waals surface area contributed by atoms with Gasteiger partial charge in [-0.1, -0.05) is 11.6 Å². The molecule has 0 aliphatic carbocycles. The van der Waals surface area contributed by atoms with Crippen molar-refractivity contribution in [3.05, 3.63) is 33.9 Å². The van der Waals surface area contributed by atoms with Crippen LogP contribution in [-0.2, 0) is 6.54 Å². The lowest BCUT2D eigenvalue weighted by molar-refractivity contribution is 0.826. The summed E-state index contributed by atoms with van der Waals surface area (Å²) >= 11 is 5.72. The molecule has 0 aliphatic rings. The zero-order chi connectivity index (χ0) is 11.5. The minimum atomic E-state index is -0.333. The molecule has 0 aromatic carbocycles. The molecule has 2 heterocycles. The fraction of sp³-hybridized carbons (Fsp3) is 0.250. The fourth-order valence-electron chi connectivity index (χ4n) is 1.20. The number of nitrogens with one attached hydrogen (secondary N) is 2. The summed E-state index contributed by atoms with van der Waals surface area (Å²) in [5, 5.41) is 6.39. The van der Waals surface area contributed by atoms with Gasteiger partial charge < -0.3 is 4.90 Å². The summed E-state index contributed by atoms with van der Waals surface area (Å²) < 4.78 is 0. The molecule has 16 heavy (non-hydrogen) atoms. The first-order valence-electron chi connectivity index (χ1n) is 4.47. The summed E-state index contributed by atoms with van der Waals surface area (Å²) in [6, 6.07) is 0. The molecule has 2 aromatic heterocycles. The Kier molecular flexibility index (Phi) is 2.86. The number of aromatic nitrogens is 5. The topological polar surface area (TPSA) is 90.6 Å². The average molecular weight is 241 g/mol. The van der Waals surface area contributed by atoms with Gasteiger partial charge in [0, 0.05) is 7.05 Å². The maximum Gasteiger partial charge on any atom is 0.340 e. The van der Waals surface area contributed by atoms with Crippen LogP contribution in [0.5, 0.6) is 0 Å². The van der Waals surface area contributed by atoms with Crippen molar-refractivity contribution in [2.24, 2.45) is 0 Å². The Labute approximate surface area is 95.5 Å². The van der Waals surface area contributed by atoms with E-state index in [2.05, 4.69) is 25.1 Å². The van der Waals surface area contributed by atoms with Crippen LogP contribution in [0.3, 0.4) is 0 Å². The van der Waals surface area contributed by atoms with Gasteiger partial charge in [-0.2, -0.15) is 5.10 Å². The first-order valence-corrected chi connectivity index (χ1v) is 4.85. The molecule has 0 saturated heterocycles. The molecule has 0 unspecified atom stereocenters. The standard InChI is InChI=1S/C8H9ClN6O/c1-15(4-6-12-8(16)14-13-6)7-3-10-2-5(9)11-7/h2-3H,4H2,1H3,(H2,12,13,14,16). The number of aromatic amines is 2. The first-order chi connectivity index (χ1) is 7.65. The van der Waals surface area contributed by atoms with Gasteiger partial charge in [0.25, 0.3) is 0 Å². The largest absolute Gasteiger partial charge is 0.351 e. The second kappa shape index (κ2) is 4.31. The first kappa shape index (κ1) is 10.6. The molecular formula is C8H9ClN6O. The van der Waals surface area contributed by atoms with Crippen LogP contribution in [-0.4, -0.2) is 32.2 Å². The molecule has 0 amide bonds. The van der Waals surface area contributed by atoms with E-state index in [1.165, 1.54) is 6.20 Å². The molecule has 0 radical (unpaired) electrons. The molecule has 2 rings (SSSR count). The molecule has 0 saturated carbocycles. The number of hydrogen-bond donors (Lipinski definition) is 2. The predicted octanol–water partition coefficient (Wildman–Crippen LogP) is 0.178. The van der Waals surface area contributed by atoms with Crippen LogP contribution in [0, 0.1) is 0 Å². The predicted molar refractivity (Wildman–Crippen MR) is 58.4 cm³/mol. The summed E-state index contributed by atoms with van der Waals surface area (Å²) in [7, 11) is 1.80. The molecule has 2 N–H and O–H groups in total. The molecule has 0 atom stereocenters. The third-order valence-electron chi connectivity index (χ3n) is 1.92. The highest BCUT2D eigenvalue weighted by atomic mass is 35.5. The lowest BCUT2D eigenvalue weighted by Gasteiger charge is -2.15. The van der Waals surface area contributed by atoms with E-state index in [-0.39, 0.29) is 5.69 Å². The second-order valence-electron chi connectivity index (χ2n) is 3.18. The Hall–Kier alpha value is -1.89. The number of hydrogen-bond acceptors (Lipinski definition) is 5. The van der Waals surface area contributed by atoms with Crippen molar-refractivity contribution < 1.29 is 0 Å². The summed E-state index contributed by atoms with van der Waals surface area (Å²) in [5.74, 6) is 1.13. The van der Waals surface area contributed by atoms with E-state index in [0.29, 0.717) is 23.3 Å². The van der Waals surface area contributed by atoms with E-state index >= 15 is 0 Å². The normalized spacial score (nSPS) is 10.4. The molecule has 0 spiro atoms. The van der Waals surface area contributed by atoms with Crippen molar-refractivity contribution >= 4 is 17.4 Å². The Balaban J connectivity index is 2.14. The summed E-state index contributed by atoms with van der Waals surface area (Å²) in [4.78, 5) is 23.1. The zero-order valence-electron chi connectivity index (χ0n) is 8.44. The van der Waals surface area contributed by atoms with E-state index in [0.717, 1.165) is 0 Å². The molecular weight excluding hydrogens is 232 g/mol. The van der Waals surface area contributed by atoms with Crippen LogP contribution in [0.4, 0.5) is 5.82 Å². The molecule has 2 aromatic rings. The van der Waals surface area contributed by atoms with E-state index in [1.54, 1.807) is 18.1 Å². The smallest absolute Gasteiger partial charge is 0.340 e. The van der Waals surface area contributed by atoms with E-state index in [4.69, 9.17) is 11.6 Å². The molecule has 0 bridgehead atoms. The van der Waals surface area contributed by atoms with Gasteiger partial charge in [0.15, 0.2) is 0 Å². The zero-order valence-corrected chi connectivity index (χ0v) is 9.19. The maximum atomic E-state index is 10.8. The number of nitrogens with zero attached hydrogens (tertiary/aromatic N) is 4. The van der Waals surface area contributed by atoms with Crippen LogP contribution in [0.2, 0.25) is 5.15 Å². The van der Waals surface area contributed by atoms with E-state index < -0.39 is 0 Å². The Bertz CT molecular complexity index is 535. The van der Waals surface area contributed by atoms with Gasteiger partial charge in [0.05, 0.1) is 18.9 Å². The SMILES string of the molecule is CN(Cc1n[nH]c(=O)[nH]1)c1cncc(Cl)n1. The summed E-state index contributed by atoms with van der Waals surface area (Å²) in [6.07, 6.45) is 3.03. The van der Waals surface area contributed by atoms with Crippen LogP contribution in [0.25, 0.3) is 0 Å². The van der Waals surface area contributed by atoms with Gasteiger partial charge in [-0.25, -0.2) is 14.9 Å². The van der Waals surface area contributed by atoms with Gasteiger partial charge in [-0.3, -0.25) is 9.97 Å². The number of halogens is 1. The van der Waals surface area contributed by atoms with Gasteiger partial charge >= 0.3 is 5.69 Å². The molecule has 0 fully saturated rings. The van der Waals surface area contributed by atoms with Gasteiger partial charge in [0.1, 0.15) is 16.8 Å². The number of rotatable bonds is 3. The highest BCUT2D eigenvalue weighted by Gasteiger charge is 2.07. The lowest BCUT2D eigenvalue weighted by Crippen LogP contribution is -2.19. The van der Waals surface area contributed by atoms with Crippen LogP contribution in [0.1, 0.15) is 5.82 Å². The minimum Gasteiger partial charge on any atom is -0.351 e.